The third-order valence-electron chi connectivity index (χ3n) is 4.83. The molecule has 0 N–H and O–H groups in total. The van der Waals surface area contributed by atoms with Gasteiger partial charge in [0.1, 0.15) is 17.3 Å². The van der Waals surface area contributed by atoms with Gasteiger partial charge in [-0.3, -0.25) is 9.69 Å². The Morgan fingerprint density at radius 3 is 2.53 bits per heavy atom. The van der Waals surface area contributed by atoms with Crippen LogP contribution < -0.4 is 4.90 Å². The van der Waals surface area contributed by atoms with Gasteiger partial charge in [-0.1, -0.05) is 60.4 Å². The van der Waals surface area contributed by atoms with Crippen LogP contribution in [0.15, 0.2) is 88.2 Å². The van der Waals surface area contributed by atoms with Crippen LogP contribution in [0.25, 0.3) is 28.2 Å². The molecule has 2 heterocycles. The zero-order valence-electron chi connectivity index (χ0n) is 15.5. The van der Waals surface area contributed by atoms with Crippen LogP contribution in [0, 0.1) is 5.82 Å². The first kappa shape index (κ1) is 18.8. The molecule has 0 bridgehead atoms. The summed E-state index contributed by atoms with van der Waals surface area (Å²) in [4.78, 5) is 15.2. The Hall–Kier alpha value is -3.22. The van der Waals surface area contributed by atoms with Crippen molar-refractivity contribution >= 4 is 56.7 Å². The van der Waals surface area contributed by atoms with Gasteiger partial charge in [0.25, 0.3) is 5.91 Å². The summed E-state index contributed by atoms with van der Waals surface area (Å²) in [6.45, 7) is 0. The van der Waals surface area contributed by atoms with E-state index in [1.165, 1.54) is 23.9 Å². The minimum Gasteiger partial charge on any atom is -0.457 e. The van der Waals surface area contributed by atoms with Crippen LogP contribution in [0.2, 0.25) is 0 Å². The first-order chi connectivity index (χ1) is 14.6. The average molecular weight is 432 g/mol. The van der Waals surface area contributed by atoms with Gasteiger partial charge >= 0.3 is 0 Å². The molecule has 1 aromatic heterocycles. The Morgan fingerprint density at radius 2 is 1.70 bits per heavy atom. The molecule has 3 nitrogen and oxygen atoms in total. The van der Waals surface area contributed by atoms with Gasteiger partial charge < -0.3 is 4.42 Å². The predicted molar refractivity (Wildman–Crippen MR) is 124 cm³/mol. The maximum absolute atomic E-state index is 13.1. The fourth-order valence-corrected chi connectivity index (χ4v) is 4.67. The molecular weight excluding hydrogens is 417 g/mol. The van der Waals surface area contributed by atoms with Crippen molar-refractivity contribution in [1.29, 1.82) is 0 Å². The van der Waals surface area contributed by atoms with Crippen molar-refractivity contribution in [3.8, 4) is 11.3 Å². The molecule has 1 saturated heterocycles. The number of rotatable bonds is 3. The molecule has 30 heavy (non-hydrogen) atoms. The minimum absolute atomic E-state index is 0.180. The summed E-state index contributed by atoms with van der Waals surface area (Å²) in [5.74, 6) is 0.655. The maximum Gasteiger partial charge on any atom is 0.270 e. The van der Waals surface area contributed by atoms with Crippen LogP contribution >= 0.6 is 24.0 Å². The number of benzene rings is 3. The third kappa shape index (κ3) is 3.34. The molecule has 0 spiro atoms. The highest BCUT2D eigenvalue weighted by molar-refractivity contribution is 8.27. The number of anilines is 1. The lowest BCUT2D eigenvalue weighted by molar-refractivity contribution is -0.113. The highest BCUT2D eigenvalue weighted by Gasteiger charge is 2.34. The molecule has 1 aliphatic heterocycles. The summed E-state index contributed by atoms with van der Waals surface area (Å²) in [6.07, 6.45) is 1.69. The van der Waals surface area contributed by atoms with E-state index >= 15 is 0 Å². The summed E-state index contributed by atoms with van der Waals surface area (Å²) in [5, 5.41) is 2.01. The zero-order chi connectivity index (χ0) is 20.7. The summed E-state index contributed by atoms with van der Waals surface area (Å²) in [6, 6.07) is 23.4. The number of hydrogen-bond donors (Lipinski definition) is 0. The molecule has 1 fully saturated rings. The van der Waals surface area contributed by atoms with Crippen molar-refractivity contribution in [2.24, 2.45) is 0 Å². The number of halogens is 1. The van der Waals surface area contributed by atoms with Crippen LogP contribution in [-0.2, 0) is 4.79 Å². The van der Waals surface area contributed by atoms with E-state index in [2.05, 4.69) is 0 Å². The summed E-state index contributed by atoms with van der Waals surface area (Å²) < 4.78 is 19.5. The molecule has 0 saturated carbocycles. The van der Waals surface area contributed by atoms with E-state index in [0.29, 0.717) is 20.7 Å². The Kier molecular flexibility index (Phi) is 4.73. The molecule has 0 aliphatic carbocycles. The number of carbonyl (C=O) groups excluding carboxylic acids is 1. The van der Waals surface area contributed by atoms with Crippen molar-refractivity contribution in [3.63, 3.8) is 0 Å². The van der Waals surface area contributed by atoms with Crippen LogP contribution in [0.3, 0.4) is 0 Å². The number of thiocarbonyl (C=S) groups is 1. The third-order valence-corrected chi connectivity index (χ3v) is 6.13. The molecule has 6 heteroatoms. The fraction of sp³-hybridized carbons (Fsp3) is 0. The highest BCUT2D eigenvalue weighted by atomic mass is 32.2. The van der Waals surface area contributed by atoms with Gasteiger partial charge in [-0.15, -0.1) is 0 Å². The van der Waals surface area contributed by atoms with Gasteiger partial charge in [0.05, 0.1) is 10.6 Å². The van der Waals surface area contributed by atoms with Gasteiger partial charge in [-0.25, -0.2) is 4.39 Å². The summed E-state index contributed by atoms with van der Waals surface area (Å²) >= 11 is 6.76. The smallest absolute Gasteiger partial charge is 0.270 e. The number of carbonyl (C=O) groups is 1. The zero-order valence-corrected chi connectivity index (χ0v) is 17.2. The number of nitrogens with zero attached hydrogens (tertiary/aromatic N) is 1. The number of fused-ring (bicyclic) bond motifs is 1. The molecule has 3 aromatic carbocycles. The van der Waals surface area contributed by atoms with Gasteiger partial charge in [0.15, 0.2) is 4.32 Å². The minimum atomic E-state index is -0.303. The van der Waals surface area contributed by atoms with E-state index < -0.39 is 0 Å². The quantitative estimate of drug-likeness (QED) is 0.269. The summed E-state index contributed by atoms with van der Waals surface area (Å²) in [7, 11) is 0. The Balaban J connectivity index is 1.47. The lowest BCUT2D eigenvalue weighted by Crippen LogP contribution is -2.27. The topological polar surface area (TPSA) is 33.5 Å². The molecular formula is C24H14FNO2S2. The van der Waals surface area contributed by atoms with Crippen molar-refractivity contribution < 1.29 is 13.6 Å². The molecule has 5 rings (SSSR count). The van der Waals surface area contributed by atoms with Crippen LogP contribution in [0.5, 0.6) is 0 Å². The van der Waals surface area contributed by atoms with Crippen molar-refractivity contribution in [3.05, 3.63) is 95.3 Å². The first-order valence-electron chi connectivity index (χ1n) is 9.22. The SMILES string of the molecule is O=C1C(=Cc2ccc(-c3ccc(F)cc3)o2)SC(=S)N1c1cccc2ccccc12. The lowest BCUT2D eigenvalue weighted by Gasteiger charge is -2.17. The number of furan rings is 1. The highest BCUT2D eigenvalue weighted by Crippen LogP contribution is 2.39. The molecule has 0 radical (unpaired) electrons. The average Bonchev–Trinajstić information content (AvgIpc) is 3.33. The number of amides is 1. The van der Waals surface area contributed by atoms with E-state index in [9.17, 15) is 9.18 Å². The standard InChI is InChI=1S/C24H14FNO2S2/c25-17-10-8-16(9-11-17)21-13-12-18(28-21)14-22-23(27)26(24(29)30-22)20-7-3-5-15-4-1-2-6-19(15)20/h1-14H. The fourth-order valence-electron chi connectivity index (χ4n) is 3.41. The van der Waals surface area contributed by atoms with E-state index in [0.717, 1.165) is 22.0 Å². The summed E-state index contributed by atoms with van der Waals surface area (Å²) in [5.41, 5.74) is 1.53. The second kappa shape index (κ2) is 7.55. The monoisotopic (exact) mass is 431 g/mol. The van der Waals surface area contributed by atoms with Crippen LogP contribution in [0.1, 0.15) is 5.76 Å². The van der Waals surface area contributed by atoms with E-state index in [1.807, 2.05) is 42.5 Å². The normalized spacial score (nSPS) is 15.5. The molecule has 0 unspecified atom stereocenters. The molecule has 0 atom stereocenters. The number of thioether (sulfide) groups is 1. The first-order valence-corrected chi connectivity index (χ1v) is 10.4. The lowest BCUT2D eigenvalue weighted by atomic mass is 10.1. The van der Waals surface area contributed by atoms with E-state index in [-0.39, 0.29) is 11.7 Å². The Labute approximate surface area is 181 Å². The van der Waals surface area contributed by atoms with Crippen LogP contribution in [-0.4, -0.2) is 10.2 Å². The second-order valence-corrected chi connectivity index (χ2v) is 8.40. The predicted octanol–water partition coefficient (Wildman–Crippen LogP) is 6.64. The molecule has 1 amide bonds. The molecule has 1 aliphatic rings. The largest absolute Gasteiger partial charge is 0.457 e. The van der Waals surface area contributed by atoms with Gasteiger partial charge in [-0.05, 0) is 47.9 Å². The van der Waals surface area contributed by atoms with Crippen LogP contribution in [0.4, 0.5) is 10.1 Å². The second-order valence-electron chi connectivity index (χ2n) is 6.72. The van der Waals surface area contributed by atoms with Crippen molar-refractivity contribution in [1.82, 2.24) is 0 Å². The van der Waals surface area contributed by atoms with Crippen molar-refractivity contribution in [2.45, 2.75) is 0 Å². The molecule has 146 valence electrons. The van der Waals surface area contributed by atoms with Gasteiger partial charge in [0, 0.05) is 17.0 Å². The van der Waals surface area contributed by atoms with Gasteiger partial charge in [-0.2, -0.15) is 0 Å². The van der Waals surface area contributed by atoms with Gasteiger partial charge in [0.2, 0.25) is 0 Å². The maximum atomic E-state index is 13.1. The molecule has 4 aromatic rings. The Morgan fingerprint density at radius 1 is 0.933 bits per heavy atom. The Bertz CT molecular complexity index is 1320. The van der Waals surface area contributed by atoms with E-state index in [4.69, 9.17) is 16.6 Å². The van der Waals surface area contributed by atoms with Crippen molar-refractivity contribution in [2.75, 3.05) is 4.90 Å². The van der Waals surface area contributed by atoms with E-state index in [1.54, 1.807) is 35.2 Å². The number of hydrogen-bond acceptors (Lipinski definition) is 4.